The molecule has 0 saturated carbocycles. The average Bonchev–Trinajstić information content (AvgIpc) is 2.49. The zero-order valence-electron chi connectivity index (χ0n) is 12.7. The Labute approximate surface area is 142 Å². The number of methoxy groups -OCH3 is 1. The summed E-state index contributed by atoms with van der Waals surface area (Å²) in [5, 5.41) is 6.73. The maximum Gasteiger partial charge on any atom is 0.239 e. The Hall–Kier alpha value is -1.01. The van der Waals surface area contributed by atoms with E-state index in [-0.39, 0.29) is 30.5 Å². The lowest BCUT2D eigenvalue weighted by Crippen LogP contribution is -2.55. The van der Waals surface area contributed by atoms with Crippen molar-refractivity contribution in [1.82, 2.24) is 10.6 Å². The molecule has 1 heterocycles. The number of carbonyl (C=O) groups is 1. The Morgan fingerprint density at radius 2 is 2.32 bits per heavy atom. The van der Waals surface area contributed by atoms with Crippen molar-refractivity contribution < 1.29 is 14.3 Å². The van der Waals surface area contributed by atoms with Gasteiger partial charge in [0.15, 0.2) is 0 Å². The summed E-state index contributed by atoms with van der Waals surface area (Å²) in [4.78, 5) is 12.1. The highest BCUT2D eigenvalue weighted by molar-refractivity contribution is 6.31. The summed E-state index contributed by atoms with van der Waals surface area (Å²) in [7, 11) is 1.60. The monoisotopic (exact) mass is 348 g/mol. The van der Waals surface area contributed by atoms with Crippen LogP contribution in [0.15, 0.2) is 18.2 Å². The van der Waals surface area contributed by atoms with Crippen molar-refractivity contribution in [3.8, 4) is 5.75 Å². The topological polar surface area (TPSA) is 59.6 Å². The lowest BCUT2D eigenvalue weighted by Gasteiger charge is -2.29. The van der Waals surface area contributed by atoms with Gasteiger partial charge < -0.3 is 20.1 Å². The molecule has 2 atom stereocenters. The van der Waals surface area contributed by atoms with E-state index in [1.165, 1.54) is 0 Å². The molecule has 1 aromatic rings. The number of nitrogens with one attached hydrogen (secondary N) is 2. The van der Waals surface area contributed by atoms with E-state index in [4.69, 9.17) is 21.1 Å². The Kier molecular flexibility index (Phi) is 7.96. The van der Waals surface area contributed by atoms with E-state index in [0.717, 1.165) is 11.3 Å². The van der Waals surface area contributed by atoms with E-state index in [2.05, 4.69) is 10.6 Å². The smallest absolute Gasteiger partial charge is 0.239 e. The molecular weight excluding hydrogens is 327 g/mol. The molecule has 0 radical (unpaired) electrons. The molecule has 5 nitrogen and oxygen atoms in total. The lowest BCUT2D eigenvalue weighted by molar-refractivity contribution is -0.128. The normalized spacial score (nSPS) is 20.9. The van der Waals surface area contributed by atoms with E-state index in [1.54, 1.807) is 13.2 Å². The van der Waals surface area contributed by atoms with Gasteiger partial charge in [-0.25, -0.2) is 0 Å². The van der Waals surface area contributed by atoms with Gasteiger partial charge in [0.1, 0.15) is 11.8 Å². The van der Waals surface area contributed by atoms with Crippen molar-refractivity contribution in [1.29, 1.82) is 0 Å². The van der Waals surface area contributed by atoms with Crippen LogP contribution in [0.3, 0.4) is 0 Å². The second-order valence-electron chi connectivity index (χ2n) is 5.01. The molecule has 7 heteroatoms. The number of hydrogen-bond acceptors (Lipinski definition) is 4. The van der Waals surface area contributed by atoms with E-state index in [0.29, 0.717) is 31.1 Å². The SMILES string of the molecule is COc1ccc(CCNC(=O)[C@H]2NCCO[C@@H]2C)c(Cl)c1.Cl. The van der Waals surface area contributed by atoms with Crippen LogP contribution >= 0.6 is 24.0 Å². The Morgan fingerprint density at radius 1 is 1.55 bits per heavy atom. The van der Waals surface area contributed by atoms with E-state index in [9.17, 15) is 4.79 Å². The van der Waals surface area contributed by atoms with Crippen LogP contribution in [0.25, 0.3) is 0 Å². The van der Waals surface area contributed by atoms with Crippen LogP contribution in [-0.4, -0.2) is 44.9 Å². The molecule has 2 N–H and O–H groups in total. The first-order chi connectivity index (χ1) is 10.1. The molecule has 0 spiro atoms. The largest absolute Gasteiger partial charge is 0.497 e. The maximum atomic E-state index is 12.1. The summed E-state index contributed by atoms with van der Waals surface area (Å²) in [6.45, 7) is 3.78. The molecule has 1 saturated heterocycles. The standard InChI is InChI=1S/C15H21ClN2O3.ClH/c1-10-14(17-7-8-21-10)15(19)18-6-5-11-3-4-12(20-2)9-13(11)16;/h3-4,9-10,14,17H,5-8H2,1-2H3,(H,18,19);1H/t10-,14+;/m1./s1. The first-order valence-corrected chi connectivity index (χ1v) is 7.44. The Bertz CT molecular complexity index is 500. The second-order valence-corrected chi connectivity index (χ2v) is 5.41. The first kappa shape index (κ1) is 19.0. The molecular formula is C15H22Cl2N2O3. The van der Waals surface area contributed by atoms with Gasteiger partial charge in [0, 0.05) is 18.1 Å². The minimum Gasteiger partial charge on any atom is -0.497 e. The molecule has 1 amide bonds. The minimum atomic E-state index is -0.287. The summed E-state index contributed by atoms with van der Waals surface area (Å²) in [6, 6.07) is 5.27. The third-order valence-electron chi connectivity index (χ3n) is 3.55. The summed E-state index contributed by atoms with van der Waals surface area (Å²) in [5.74, 6) is 0.692. The Morgan fingerprint density at radius 3 is 2.95 bits per heavy atom. The molecule has 1 aromatic carbocycles. The van der Waals surface area contributed by atoms with Crippen LogP contribution in [0.4, 0.5) is 0 Å². The number of halogens is 2. The molecule has 1 fully saturated rings. The molecule has 0 aromatic heterocycles. The van der Waals surface area contributed by atoms with E-state index < -0.39 is 0 Å². The van der Waals surface area contributed by atoms with Crippen LogP contribution in [0.5, 0.6) is 5.75 Å². The van der Waals surface area contributed by atoms with Gasteiger partial charge in [0.05, 0.1) is 19.8 Å². The van der Waals surface area contributed by atoms with Gasteiger partial charge in [-0.15, -0.1) is 12.4 Å². The van der Waals surface area contributed by atoms with Crippen LogP contribution in [0.2, 0.25) is 5.02 Å². The maximum absolute atomic E-state index is 12.1. The third-order valence-corrected chi connectivity index (χ3v) is 3.90. The molecule has 1 aliphatic heterocycles. The van der Waals surface area contributed by atoms with Gasteiger partial charge in [0.2, 0.25) is 5.91 Å². The van der Waals surface area contributed by atoms with Crippen molar-refractivity contribution in [2.45, 2.75) is 25.5 Å². The highest BCUT2D eigenvalue weighted by Crippen LogP contribution is 2.22. The number of amides is 1. The van der Waals surface area contributed by atoms with Gasteiger partial charge in [-0.05, 0) is 31.0 Å². The van der Waals surface area contributed by atoms with Crippen molar-refractivity contribution in [3.63, 3.8) is 0 Å². The molecule has 0 unspecified atom stereocenters. The Balaban J connectivity index is 0.00000242. The van der Waals surface area contributed by atoms with Crippen molar-refractivity contribution in [2.24, 2.45) is 0 Å². The van der Waals surface area contributed by atoms with Crippen molar-refractivity contribution in [3.05, 3.63) is 28.8 Å². The zero-order chi connectivity index (χ0) is 15.2. The van der Waals surface area contributed by atoms with Gasteiger partial charge in [-0.1, -0.05) is 17.7 Å². The van der Waals surface area contributed by atoms with Gasteiger partial charge >= 0.3 is 0 Å². The molecule has 0 bridgehead atoms. The second kappa shape index (κ2) is 9.20. The molecule has 22 heavy (non-hydrogen) atoms. The van der Waals surface area contributed by atoms with Crippen LogP contribution in [0.1, 0.15) is 12.5 Å². The number of morpholine rings is 1. The highest BCUT2D eigenvalue weighted by Gasteiger charge is 2.27. The summed E-state index contributed by atoms with van der Waals surface area (Å²) >= 11 is 6.17. The quantitative estimate of drug-likeness (QED) is 0.851. The molecule has 1 aliphatic rings. The predicted molar refractivity (Wildman–Crippen MR) is 89.2 cm³/mol. The summed E-state index contributed by atoms with van der Waals surface area (Å²) < 4.78 is 10.6. The van der Waals surface area contributed by atoms with E-state index in [1.807, 2.05) is 19.1 Å². The lowest BCUT2D eigenvalue weighted by atomic mass is 10.1. The van der Waals surface area contributed by atoms with Gasteiger partial charge in [-0.3, -0.25) is 4.79 Å². The van der Waals surface area contributed by atoms with Crippen molar-refractivity contribution >= 4 is 29.9 Å². The average molecular weight is 349 g/mol. The number of carbonyl (C=O) groups excluding carboxylic acids is 1. The number of rotatable bonds is 5. The number of ether oxygens (including phenoxy) is 2. The van der Waals surface area contributed by atoms with Crippen molar-refractivity contribution in [2.75, 3.05) is 26.8 Å². The molecule has 124 valence electrons. The van der Waals surface area contributed by atoms with Gasteiger partial charge in [0.25, 0.3) is 0 Å². The first-order valence-electron chi connectivity index (χ1n) is 7.07. The molecule has 2 rings (SSSR count). The van der Waals surface area contributed by atoms with Gasteiger partial charge in [-0.2, -0.15) is 0 Å². The zero-order valence-corrected chi connectivity index (χ0v) is 14.3. The fraction of sp³-hybridized carbons (Fsp3) is 0.533. The van der Waals surface area contributed by atoms with E-state index >= 15 is 0 Å². The highest BCUT2D eigenvalue weighted by atomic mass is 35.5. The fourth-order valence-corrected chi connectivity index (χ4v) is 2.58. The molecule has 0 aliphatic carbocycles. The predicted octanol–water partition coefficient (Wildman–Crippen LogP) is 1.81. The fourth-order valence-electron chi connectivity index (χ4n) is 2.32. The summed E-state index contributed by atoms with van der Waals surface area (Å²) in [6.07, 6.45) is 0.569. The van der Waals surface area contributed by atoms with Crippen LogP contribution < -0.4 is 15.4 Å². The summed E-state index contributed by atoms with van der Waals surface area (Å²) in [5.41, 5.74) is 0.985. The number of benzene rings is 1. The minimum absolute atomic E-state index is 0. The third kappa shape index (κ3) is 5.02. The number of hydrogen-bond donors (Lipinski definition) is 2. The van der Waals surface area contributed by atoms with Crippen LogP contribution in [0, 0.1) is 0 Å². The van der Waals surface area contributed by atoms with Crippen LogP contribution in [-0.2, 0) is 16.0 Å².